The van der Waals surface area contributed by atoms with E-state index in [0.717, 1.165) is 5.56 Å². The van der Waals surface area contributed by atoms with Gasteiger partial charge in [0.25, 0.3) is 5.91 Å². The molecule has 0 aliphatic rings. The number of carboxylic acids is 1. The van der Waals surface area contributed by atoms with Crippen LogP contribution in [0.1, 0.15) is 37.8 Å². The summed E-state index contributed by atoms with van der Waals surface area (Å²) in [5.74, 6) is -0.576. The quantitative estimate of drug-likeness (QED) is 0.885. The van der Waals surface area contributed by atoms with Crippen LogP contribution in [-0.4, -0.2) is 17.0 Å². The molecular formula is C15H14BrNO4. The monoisotopic (exact) mass is 351 g/mol. The highest BCUT2D eigenvalue weighted by Crippen LogP contribution is 2.19. The minimum absolute atomic E-state index is 0.107. The van der Waals surface area contributed by atoms with Gasteiger partial charge in [-0.3, -0.25) is 4.79 Å². The fraction of sp³-hybridized carbons (Fsp3) is 0.200. The van der Waals surface area contributed by atoms with E-state index in [0.29, 0.717) is 21.6 Å². The Morgan fingerprint density at radius 2 is 1.95 bits per heavy atom. The summed E-state index contributed by atoms with van der Waals surface area (Å²) < 4.78 is 6.01. The largest absolute Gasteiger partial charge is 0.478 e. The number of aromatic carboxylic acids is 1. The van der Waals surface area contributed by atoms with Gasteiger partial charge in [0.1, 0.15) is 17.1 Å². The molecule has 1 heterocycles. The van der Waals surface area contributed by atoms with Crippen molar-refractivity contribution in [2.45, 2.75) is 20.4 Å². The third-order valence-corrected chi connectivity index (χ3v) is 3.65. The lowest BCUT2D eigenvalue weighted by atomic mass is 10.1. The van der Waals surface area contributed by atoms with Gasteiger partial charge >= 0.3 is 5.97 Å². The van der Waals surface area contributed by atoms with Crippen molar-refractivity contribution in [3.63, 3.8) is 0 Å². The summed E-state index contributed by atoms with van der Waals surface area (Å²) in [6, 6.07) is 6.85. The molecule has 0 unspecified atom stereocenters. The number of nitrogens with one attached hydrogen (secondary N) is 1. The Hall–Kier alpha value is -2.08. The van der Waals surface area contributed by atoms with E-state index >= 15 is 0 Å². The van der Waals surface area contributed by atoms with Gasteiger partial charge in [0, 0.05) is 4.47 Å². The maximum atomic E-state index is 12.1. The van der Waals surface area contributed by atoms with E-state index in [1.54, 1.807) is 13.0 Å². The normalized spacial score (nSPS) is 10.4. The molecule has 0 atom stereocenters. The second-order valence-corrected chi connectivity index (χ2v) is 5.51. The highest BCUT2D eigenvalue weighted by atomic mass is 79.9. The Morgan fingerprint density at radius 1 is 1.24 bits per heavy atom. The van der Waals surface area contributed by atoms with Crippen LogP contribution >= 0.6 is 15.9 Å². The Morgan fingerprint density at radius 3 is 2.52 bits per heavy atom. The molecule has 110 valence electrons. The van der Waals surface area contributed by atoms with Crippen LogP contribution in [0.3, 0.4) is 0 Å². The summed E-state index contributed by atoms with van der Waals surface area (Å²) in [4.78, 5) is 23.0. The minimum Gasteiger partial charge on any atom is -0.478 e. The number of rotatable bonds is 4. The number of hydrogen-bond acceptors (Lipinski definition) is 3. The van der Waals surface area contributed by atoms with E-state index in [-0.39, 0.29) is 18.0 Å². The molecule has 0 radical (unpaired) electrons. The smallest absolute Gasteiger partial charge is 0.339 e. The molecule has 2 aromatic rings. The van der Waals surface area contributed by atoms with Crippen LogP contribution in [-0.2, 0) is 6.54 Å². The molecule has 21 heavy (non-hydrogen) atoms. The van der Waals surface area contributed by atoms with Crippen LogP contribution in [0, 0.1) is 13.8 Å². The lowest BCUT2D eigenvalue weighted by molar-refractivity contribution is 0.0694. The zero-order valence-electron chi connectivity index (χ0n) is 11.6. The number of amides is 1. The summed E-state index contributed by atoms with van der Waals surface area (Å²) in [5, 5.41) is 11.6. The average Bonchev–Trinajstić information content (AvgIpc) is 2.77. The number of furan rings is 1. The van der Waals surface area contributed by atoms with Gasteiger partial charge in [-0.05, 0) is 53.5 Å². The fourth-order valence-corrected chi connectivity index (χ4v) is 2.58. The molecule has 0 fully saturated rings. The number of halogens is 1. The highest BCUT2D eigenvalue weighted by molar-refractivity contribution is 9.10. The van der Waals surface area contributed by atoms with Gasteiger partial charge in [0.2, 0.25) is 0 Å². The van der Waals surface area contributed by atoms with Crippen molar-refractivity contribution in [1.29, 1.82) is 0 Å². The molecule has 2 N–H and O–H groups in total. The van der Waals surface area contributed by atoms with E-state index < -0.39 is 5.97 Å². The second kappa shape index (κ2) is 6.13. The molecule has 1 amide bonds. The molecule has 0 saturated heterocycles. The lowest BCUT2D eigenvalue weighted by Crippen LogP contribution is -2.23. The van der Waals surface area contributed by atoms with Crippen LogP contribution in [0.5, 0.6) is 0 Å². The standard InChI is InChI=1S/C15H14BrNO4/c1-8-3-4-11(13(16)5-8)14(18)17-7-10-6-12(15(19)20)9(2)21-10/h3-6H,7H2,1-2H3,(H,17,18)(H,19,20). The van der Waals surface area contributed by atoms with Crippen LogP contribution in [0.15, 0.2) is 33.2 Å². The van der Waals surface area contributed by atoms with Crippen molar-refractivity contribution in [3.05, 3.63) is 56.9 Å². The van der Waals surface area contributed by atoms with E-state index in [9.17, 15) is 9.59 Å². The topological polar surface area (TPSA) is 79.5 Å². The summed E-state index contributed by atoms with van der Waals surface area (Å²) in [7, 11) is 0. The summed E-state index contributed by atoms with van der Waals surface area (Å²) in [6.45, 7) is 3.64. The van der Waals surface area contributed by atoms with Crippen molar-refractivity contribution >= 4 is 27.8 Å². The maximum Gasteiger partial charge on any atom is 0.339 e. The second-order valence-electron chi connectivity index (χ2n) is 4.65. The van der Waals surface area contributed by atoms with Gasteiger partial charge in [-0.15, -0.1) is 0 Å². The van der Waals surface area contributed by atoms with Crippen molar-refractivity contribution in [1.82, 2.24) is 5.32 Å². The summed E-state index contributed by atoms with van der Waals surface area (Å²) in [6.07, 6.45) is 0. The SMILES string of the molecule is Cc1ccc(C(=O)NCc2cc(C(=O)O)c(C)o2)c(Br)c1. The Labute approximate surface area is 130 Å². The average molecular weight is 352 g/mol. The third-order valence-electron chi connectivity index (χ3n) is 2.99. The molecule has 0 aliphatic carbocycles. The van der Waals surface area contributed by atoms with Crippen LogP contribution < -0.4 is 5.32 Å². The number of hydrogen-bond donors (Lipinski definition) is 2. The molecule has 0 bridgehead atoms. The maximum absolute atomic E-state index is 12.1. The Balaban J connectivity index is 2.07. The van der Waals surface area contributed by atoms with Gasteiger partial charge < -0.3 is 14.8 Å². The van der Waals surface area contributed by atoms with Crippen LogP contribution in [0.4, 0.5) is 0 Å². The molecule has 6 heteroatoms. The van der Waals surface area contributed by atoms with Gasteiger partial charge in [-0.1, -0.05) is 6.07 Å². The van der Waals surface area contributed by atoms with E-state index in [2.05, 4.69) is 21.2 Å². The highest BCUT2D eigenvalue weighted by Gasteiger charge is 2.15. The number of benzene rings is 1. The van der Waals surface area contributed by atoms with Crippen molar-refractivity contribution in [2.24, 2.45) is 0 Å². The van der Waals surface area contributed by atoms with Gasteiger partial charge in [-0.25, -0.2) is 4.79 Å². The Kier molecular flexibility index (Phi) is 4.47. The van der Waals surface area contributed by atoms with Crippen LogP contribution in [0.2, 0.25) is 0 Å². The first-order valence-electron chi connectivity index (χ1n) is 6.25. The molecule has 5 nitrogen and oxygen atoms in total. The fourth-order valence-electron chi connectivity index (χ4n) is 1.91. The summed E-state index contributed by atoms with van der Waals surface area (Å²) >= 11 is 3.35. The van der Waals surface area contributed by atoms with Gasteiger partial charge in [0.15, 0.2) is 0 Å². The first-order chi connectivity index (χ1) is 9.88. The summed E-state index contributed by atoms with van der Waals surface area (Å²) in [5.41, 5.74) is 1.67. The predicted octanol–water partition coefficient (Wildman–Crippen LogP) is 3.29. The molecule has 1 aromatic heterocycles. The molecule has 0 saturated carbocycles. The van der Waals surface area contributed by atoms with Crippen LogP contribution in [0.25, 0.3) is 0 Å². The van der Waals surface area contributed by atoms with E-state index in [1.165, 1.54) is 6.07 Å². The van der Waals surface area contributed by atoms with Crippen molar-refractivity contribution in [2.75, 3.05) is 0 Å². The predicted molar refractivity (Wildman–Crippen MR) is 80.5 cm³/mol. The number of carbonyl (C=O) groups excluding carboxylic acids is 1. The zero-order chi connectivity index (χ0) is 15.6. The molecule has 2 rings (SSSR count). The van der Waals surface area contributed by atoms with E-state index in [1.807, 2.05) is 19.1 Å². The molecular weight excluding hydrogens is 338 g/mol. The first kappa shape index (κ1) is 15.3. The zero-order valence-corrected chi connectivity index (χ0v) is 13.2. The lowest BCUT2D eigenvalue weighted by Gasteiger charge is -2.06. The van der Waals surface area contributed by atoms with Crippen molar-refractivity contribution < 1.29 is 19.1 Å². The van der Waals surface area contributed by atoms with Gasteiger partial charge in [0.05, 0.1) is 12.1 Å². The molecule has 1 aromatic carbocycles. The number of aryl methyl sites for hydroxylation is 2. The number of carbonyl (C=O) groups is 2. The van der Waals surface area contributed by atoms with Crippen molar-refractivity contribution in [3.8, 4) is 0 Å². The molecule has 0 spiro atoms. The first-order valence-corrected chi connectivity index (χ1v) is 7.04. The van der Waals surface area contributed by atoms with Gasteiger partial charge in [-0.2, -0.15) is 0 Å². The minimum atomic E-state index is -1.05. The number of carboxylic acid groups (broad SMARTS) is 1. The Bertz CT molecular complexity index is 706. The molecule has 0 aliphatic heterocycles. The third kappa shape index (κ3) is 3.52. The van der Waals surface area contributed by atoms with E-state index in [4.69, 9.17) is 9.52 Å².